The number of nitrogens with zero attached hydrogens (tertiary/aromatic N) is 2. The summed E-state index contributed by atoms with van der Waals surface area (Å²) in [4.78, 5) is 28.6. The van der Waals surface area contributed by atoms with Gasteiger partial charge in [0, 0.05) is 19.2 Å². The van der Waals surface area contributed by atoms with E-state index < -0.39 is 5.92 Å². The van der Waals surface area contributed by atoms with E-state index in [1.165, 1.54) is 12.0 Å². The number of carbonyl (C=O) groups is 2. The smallest absolute Gasteiger partial charge is 0.311 e. The lowest BCUT2D eigenvalue weighted by molar-refractivity contribution is -0.145. The Kier molecular flexibility index (Phi) is 2.95. The fourth-order valence-electron chi connectivity index (χ4n) is 1.84. The summed E-state index contributed by atoms with van der Waals surface area (Å²) in [5.41, 5.74) is 0. The Hall–Kier alpha value is -2.11. The number of esters is 1. The minimum absolute atomic E-state index is 0.109. The van der Waals surface area contributed by atoms with Gasteiger partial charge in [-0.1, -0.05) is 6.58 Å². The third-order valence-corrected chi connectivity index (χ3v) is 2.69. The van der Waals surface area contributed by atoms with Crippen molar-refractivity contribution in [1.82, 2.24) is 10.2 Å². The van der Waals surface area contributed by atoms with Gasteiger partial charge in [-0.2, -0.15) is 0 Å². The summed E-state index contributed by atoms with van der Waals surface area (Å²) in [7, 11) is 1.32. The quantitative estimate of drug-likeness (QED) is 0.684. The Morgan fingerprint density at radius 1 is 1.71 bits per heavy atom. The zero-order valence-electron chi connectivity index (χ0n) is 9.47. The van der Waals surface area contributed by atoms with E-state index in [2.05, 4.69) is 21.6 Å². The highest BCUT2D eigenvalue weighted by molar-refractivity contribution is 5.88. The number of ether oxygens (including phenoxy) is 1. The largest absolute Gasteiger partial charge is 0.469 e. The van der Waals surface area contributed by atoms with Crippen LogP contribution in [-0.4, -0.2) is 36.6 Å². The molecule has 0 aromatic rings. The molecule has 1 atom stereocenters. The summed E-state index contributed by atoms with van der Waals surface area (Å²) in [5, 5.41) is 2.89. The van der Waals surface area contributed by atoms with Crippen LogP contribution in [0.2, 0.25) is 0 Å². The van der Waals surface area contributed by atoms with Gasteiger partial charge < -0.3 is 10.1 Å². The van der Waals surface area contributed by atoms with Crippen LogP contribution in [0.15, 0.2) is 29.3 Å². The van der Waals surface area contributed by atoms with Crippen molar-refractivity contribution >= 4 is 18.1 Å². The standard InChI is InChI=1S/C11H13N3O3/c1-7-12-4-3-9(13-7)14-6-8(5-10(14)15)11(16)17-2/h3-4,8,13H,1,5-6H2,2H3. The lowest BCUT2D eigenvalue weighted by Crippen LogP contribution is -2.34. The lowest BCUT2D eigenvalue weighted by Gasteiger charge is -2.22. The summed E-state index contributed by atoms with van der Waals surface area (Å²) in [5.74, 6) is 0.201. The number of amides is 1. The first-order chi connectivity index (χ1) is 8.11. The molecule has 0 aliphatic carbocycles. The van der Waals surface area contributed by atoms with Crippen molar-refractivity contribution in [2.24, 2.45) is 10.9 Å². The molecule has 2 aliphatic rings. The molecule has 90 valence electrons. The van der Waals surface area contributed by atoms with Crippen molar-refractivity contribution in [2.45, 2.75) is 6.42 Å². The summed E-state index contributed by atoms with van der Waals surface area (Å²) in [6.07, 6.45) is 3.41. The lowest BCUT2D eigenvalue weighted by atomic mass is 10.1. The van der Waals surface area contributed by atoms with E-state index in [1.807, 2.05) is 0 Å². The SMILES string of the molecule is C=C1N=CC=C(N2CC(C(=O)OC)CC2=O)N1. The van der Waals surface area contributed by atoms with Gasteiger partial charge in [-0.3, -0.25) is 14.5 Å². The number of allylic oxidation sites excluding steroid dienone is 1. The van der Waals surface area contributed by atoms with Gasteiger partial charge in [0.05, 0.1) is 13.0 Å². The molecule has 0 aromatic carbocycles. The molecule has 1 amide bonds. The monoisotopic (exact) mass is 235 g/mol. The van der Waals surface area contributed by atoms with Crippen molar-refractivity contribution < 1.29 is 14.3 Å². The second-order valence-corrected chi connectivity index (χ2v) is 3.83. The summed E-state index contributed by atoms with van der Waals surface area (Å²) < 4.78 is 4.64. The number of aliphatic imine (C=N–C) groups is 1. The van der Waals surface area contributed by atoms with Crippen LogP contribution in [0.3, 0.4) is 0 Å². The molecule has 17 heavy (non-hydrogen) atoms. The molecule has 1 saturated heterocycles. The van der Waals surface area contributed by atoms with Crippen LogP contribution in [0.5, 0.6) is 0 Å². The Balaban J connectivity index is 2.11. The van der Waals surface area contributed by atoms with Crippen molar-refractivity contribution in [3.63, 3.8) is 0 Å². The number of likely N-dealkylation sites (tertiary alicyclic amines) is 1. The van der Waals surface area contributed by atoms with Crippen LogP contribution in [0, 0.1) is 5.92 Å². The van der Waals surface area contributed by atoms with E-state index in [9.17, 15) is 9.59 Å². The minimum atomic E-state index is -0.401. The summed E-state index contributed by atoms with van der Waals surface area (Å²) in [6, 6.07) is 0. The van der Waals surface area contributed by atoms with Gasteiger partial charge in [0.25, 0.3) is 0 Å². The Morgan fingerprint density at radius 2 is 2.47 bits per heavy atom. The predicted molar refractivity (Wildman–Crippen MR) is 60.7 cm³/mol. The third kappa shape index (κ3) is 2.20. The van der Waals surface area contributed by atoms with Crippen molar-refractivity contribution in [2.75, 3.05) is 13.7 Å². The molecule has 0 saturated carbocycles. The normalized spacial score (nSPS) is 23.5. The Bertz CT molecular complexity index is 439. The molecule has 6 heteroatoms. The third-order valence-electron chi connectivity index (χ3n) is 2.69. The van der Waals surface area contributed by atoms with Gasteiger partial charge >= 0.3 is 5.97 Å². The molecule has 2 rings (SSSR count). The van der Waals surface area contributed by atoms with E-state index >= 15 is 0 Å². The van der Waals surface area contributed by atoms with Gasteiger partial charge in [-0.15, -0.1) is 0 Å². The number of rotatable bonds is 2. The highest BCUT2D eigenvalue weighted by Crippen LogP contribution is 2.22. The van der Waals surface area contributed by atoms with Gasteiger partial charge in [0.15, 0.2) is 0 Å². The van der Waals surface area contributed by atoms with E-state index in [0.717, 1.165) is 0 Å². The number of nitrogens with one attached hydrogen (secondary N) is 1. The average Bonchev–Trinajstić information content (AvgIpc) is 2.70. The molecule has 6 nitrogen and oxygen atoms in total. The maximum absolute atomic E-state index is 11.8. The molecule has 0 aromatic heterocycles. The van der Waals surface area contributed by atoms with Crippen LogP contribution in [0.4, 0.5) is 0 Å². The predicted octanol–water partition coefficient (Wildman–Crippen LogP) is -0.00550. The van der Waals surface area contributed by atoms with Gasteiger partial charge in [-0.05, 0) is 6.08 Å². The van der Waals surface area contributed by atoms with Crippen LogP contribution in [0.25, 0.3) is 0 Å². The van der Waals surface area contributed by atoms with Crippen LogP contribution < -0.4 is 5.32 Å². The molecule has 0 spiro atoms. The van der Waals surface area contributed by atoms with E-state index in [0.29, 0.717) is 18.2 Å². The fourth-order valence-corrected chi connectivity index (χ4v) is 1.84. The molecule has 0 radical (unpaired) electrons. The average molecular weight is 235 g/mol. The maximum Gasteiger partial charge on any atom is 0.311 e. The molecule has 1 fully saturated rings. The summed E-state index contributed by atoms with van der Waals surface area (Å²) >= 11 is 0. The number of hydrogen-bond donors (Lipinski definition) is 1. The Morgan fingerprint density at radius 3 is 3.12 bits per heavy atom. The molecule has 0 bridgehead atoms. The Labute approximate surface area is 98.6 Å². The second-order valence-electron chi connectivity index (χ2n) is 3.83. The van der Waals surface area contributed by atoms with E-state index in [-0.39, 0.29) is 18.3 Å². The van der Waals surface area contributed by atoms with E-state index in [1.54, 1.807) is 12.3 Å². The molecule has 1 N–H and O–H groups in total. The second kappa shape index (κ2) is 4.40. The fraction of sp³-hybridized carbons (Fsp3) is 0.364. The van der Waals surface area contributed by atoms with Crippen molar-refractivity contribution in [1.29, 1.82) is 0 Å². The van der Waals surface area contributed by atoms with Gasteiger partial charge in [0.1, 0.15) is 11.6 Å². The first-order valence-corrected chi connectivity index (χ1v) is 5.20. The highest BCUT2D eigenvalue weighted by atomic mass is 16.5. The number of carbonyl (C=O) groups excluding carboxylic acids is 2. The molecule has 1 unspecified atom stereocenters. The maximum atomic E-state index is 11.8. The zero-order chi connectivity index (χ0) is 12.4. The minimum Gasteiger partial charge on any atom is -0.469 e. The molecule has 2 heterocycles. The zero-order valence-corrected chi connectivity index (χ0v) is 9.47. The van der Waals surface area contributed by atoms with Gasteiger partial charge in [-0.25, -0.2) is 4.99 Å². The van der Waals surface area contributed by atoms with Gasteiger partial charge in [0.2, 0.25) is 5.91 Å². The number of hydrogen-bond acceptors (Lipinski definition) is 5. The molecule has 2 aliphatic heterocycles. The van der Waals surface area contributed by atoms with Crippen molar-refractivity contribution in [3.05, 3.63) is 24.3 Å². The topological polar surface area (TPSA) is 71.0 Å². The van der Waals surface area contributed by atoms with Crippen LogP contribution in [0.1, 0.15) is 6.42 Å². The number of methoxy groups -OCH3 is 1. The first kappa shape index (κ1) is 11.4. The van der Waals surface area contributed by atoms with Crippen molar-refractivity contribution in [3.8, 4) is 0 Å². The molecular formula is C11H13N3O3. The highest BCUT2D eigenvalue weighted by Gasteiger charge is 2.37. The van der Waals surface area contributed by atoms with Crippen LogP contribution >= 0.6 is 0 Å². The molecular weight excluding hydrogens is 222 g/mol. The summed E-state index contributed by atoms with van der Waals surface area (Å²) in [6.45, 7) is 3.98. The van der Waals surface area contributed by atoms with E-state index in [4.69, 9.17) is 0 Å². The van der Waals surface area contributed by atoms with Crippen LogP contribution in [-0.2, 0) is 14.3 Å². The first-order valence-electron chi connectivity index (χ1n) is 5.20.